The van der Waals surface area contributed by atoms with Crippen LogP contribution in [-0.2, 0) is 16.6 Å². The van der Waals surface area contributed by atoms with E-state index in [0.29, 0.717) is 12.6 Å². The molecule has 0 amide bonds. The zero-order valence-electron chi connectivity index (χ0n) is 12.2. The summed E-state index contributed by atoms with van der Waals surface area (Å²) in [6, 6.07) is 4.06. The summed E-state index contributed by atoms with van der Waals surface area (Å²) in [5.74, 6) is -0.613. The Hall–Kier alpha value is -1.02. The normalized spacial score (nSPS) is 17.2. The van der Waals surface area contributed by atoms with E-state index in [2.05, 4.69) is 9.62 Å². The number of aliphatic hydroxyl groups is 1. The number of nitrogens with zero attached hydrogens (tertiary/aromatic N) is 1. The summed E-state index contributed by atoms with van der Waals surface area (Å²) in [6.07, 6.45) is 2.32. The topological polar surface area (TPSA) is 69.6 Å². The first-order valence-electron chi connectivity index (χ1n) is 6.96. The van der Waals surface area contributed by atoms with Gasteiger partial charge in [0.1, 0.15) is 5.82 Å². The Labute approximate surface area is 124 Å². The number of likely N-dealkylation sites (N-methyl/N-ethyl adjacent to an activating group) is 1. The van der Waals surface area contributed by atoms with Crippen LogP contribution in [0.5, 0.6) is 0 Å². The molecule has 1 aromatic rings. The molecule has 1 unspecified atom stereocenters. The minimum Gasteiger partial charge on any atom is -0.392 e. The molecule has 1 aliphatic carbocycles. The van der Waals surface area contributed by atoms with Crippen LogP contribution in [0, 0.1) is 5.82 Å². The highest BCUT2D eigenvalue weighted by atomic mass is 32.2. The molecule has 1 aliphatic rings. The van der Waals surface area contributed by atoms with Crippen LogP contribution < -0.4 is 4.72 Å². The maximum atomic E-state index is 13.3. The van der Waals surface area contributed by atoms with Gasteiger partial charge in [-0.1, -0.05) is 0 Å². The maximum absolute atomic E-state index is 13.3. The Bertz CT molecular complexity index is 602. The van der Waals surface area contributed by atoms with Gasteiger partial charge in [-0.15, -0.1) is 0 Å². The van der Waals surface area contributed by atoms with Crippen molar-refractivity contribution in [2.75, 3.05) is 13.6 Å². The molecule has 1 saturated carbocycles. The van der Waals surface area contributed by atoms with Crippen molar-refractivity contribution < 1.29 is 17.9 Å². The minimum atomic E-state index is -3.70. The van der Waals surface area contributed by atoms with Gasteiger partial charge in [-0.2, -0.15) is 0 Å². The third kappa shape index (κ3) is 4.00. The molecule has 21 heavy (non-hydrogen) atoms. The number of hydrogen-bond donors (Lipinski definition) is 2. The van der Waals surface area contributed by atoms with Gasteiger partial charge in [0.05, 0.1) is 11.5 Å². The lowest BCUT2D eigenvalue weighted by Crippen LogP contribution is -2.41. The Balaban J connectivity index is 2.04. The quantitative estimate of drug-likeness (QED) is 0.790. The average Bonchev–Trinajstić information content (AvgIpc) is 3.29. The second-order valence-electron chi connectivity index (χ2n) is 5.51. The van der Waals surface area contributed by atoms with Gasteiger partial charge in [-0.05, 0) is 45.0 Å². The van der Waals surface area contributed by atoms with E-state index in [9.17, 15) is 12.8 Å². The summed E-state index contributed by atoms with van der Waals surface area (Å²) < 4.78 is 40.2. The number of rotatable bonds is 7. The molecule has 1 fully saturated rings. The molecule has 0 aliphatic heterocycles. The number of hydrogen-bond acceptors (Lipinski definition) is 4. The third-order valence-corrected chi connectivity index (χ3v) is 5.31. The fourth-order valence-electron chi connectivity index (χ4n) is 2.14. The van der Waals surface area contributed by atoms with Crippen LogP contribution >= 0.6 is 0 Å². The summed E-state index contributed by atoms with van der Waals surface area (Å²) in [7, 11) is -1.71. The molecule has 1 aromatic carbocycles. The Morgan fingerprint density at radius 1 is 1.48 bits per heavy atom. The van der Waals surface area contributed by atoms with E-state index in [1.807, 2.05) is 14.0 Å². The second kappa shape index (κ2) is 6.39. The fraction of sp³-hybridized carbons (Fsp3) is 0.571. The molecule has 2 rings (SSSR count). The first kappa shape index (κ1) is 16.4. The molecule has 0 bridgehead atoms. The number of benzene rings is 1. The Morgan fingerprint density at radius 3 is 2.71 bits per heavy atom. The molecule has 0 saturated heterocycles. The smallest absolute Gasteiger partial charge is 0.240 e. The highest BCUT2D eigenvalue weighted by Gasteiger charge is 2.29. The number of nitrogens with one attached hydrogen (secondary N) is 1. The molecule has 7 heteroatoms. The summed E-state index contributed by atoms with van der Waals surface area (Å²) in [5, 5.41) is 9.01. The number of sulfonamides is 1. The van der Waals surface area contributed by atoms with Crippen molar-refractivity contribution >= 4 is 10.0 Å². The standard InChI is InChI=1S/C14H21FN2O3S/c1-10(17(2)12-3-4-12)8-16-21(19,20)13-5-6-14(15)11(7-13)9-18/h5-7,10,12,16,18H,3-4,8-9H2,1-2H3. The van der Waals surface area contributed by atoms with E-state index in [4.69, 9.17) is 5.11 Å². The maximum Gasteiger partial charge on any atom is 0.240 e. The molecule has 0 aromatic heterocycles. The predicted octanol–water partition coefficient (Wildman–Crippen LogP) is 1.08. The van der Waals surface area contributed by atoms with E-state index in [1.165, 1.54) is 6.07 Å². The largest absolute Gasteiger partial charge is 0.392 e. The first-order valence-corrected chi connectivity index (χ1v) is 8.44. The van der Waals surface area contributed by atoms with Gasteiger partial charge in [-0.25, -0.2) is 17.5 Å². The van der Waals surface area contributed by atoms with Crippen molar-refractivity contribution in [2.45, 2.75) is 43.4 Å². The third-order valence-electron chi connectivity index (χ3n) is 3.88. The van der Waals surface area contributed by atoms with Gasteiger partial charge in [0, 0.05) is 24.2 Å². The molecule has 0 spiro atoms. The van der Waals surface area contributed by atoms with Crippen LogP contribution in [-0.4, -0.2) is 44.1 Å². The van der Waals surface area contributed by atoms with Crippen LogP contribution in [0.4, 0.5) is 4.39 Å². The monoisotopic (exact) mass is 316 g/mol. The average molecular weight is 316 g/mol. The molecular weight excluding hydrogens is 295 g/mol. The predicted molar refractivity (Wildman–Crippen MR) is 77.8 cm³/mol. The minimum absolute atomic E-state index is 0.0268. The van der Waals surface area contributed by atoms with Crippen molar-refractivity contribution in [1.29, 1.82) is 0 Å². The zero-order valence-corrected chi connectivity index (χ0v) is 13.0. The van der Waals surface area contributed by atoms with Crippen molar-refractivity contribution in [3.63, 3.8) is 0 Å². The highest BCUT2D eigenvalue weighted by molar-refractivity contribution is 7.89. The Morgan fingerprint density at radius 2 is 2.14 bits per heavy atom. The summed E-state index contributed by atoms with van der Waals surface area (Å²) in [5.41, 5.74) is -0.0268. The van der Waals surface area contributed by atoms with E-state index >= 15 is 0 Å². The lowest BCUT2D eigenvalue weighted by molar-refractivity contribution is 0.248. The molecule has 0 radical (unpaired) electrons. The van der Waals surface area contributed by atoms with Gasteiger partial charge in [0.25, 0.3) is 0 Å². The van der Waals surface area contributed by atoms with Gasteiger partial charge in [-0.3, -0.25) is 4.90 Å². The van der Waals surface area contributed by atoms with Crippen molar-refractivity contribution in [3.8, 4) is 0 Å². The van der Waals surface area contributed by atoms with Crippen LogP contribution in [0.15, 0.2) is 23.1 Å². The molecular formula is C14H21FN2O3S. The van der Waals surface area contributed by atoms with Crippen LogP contribution in [0.3, 0.4) is 0 Å². The molecule has 1 atom stereocenters. The van der Waals surface area contributed by atoms with Gasteiger partial charge in [0.15, 0.2) is 0 Å². The lowest BCUT2D eigenvalue weighted by atomic mass is 10.2. The fourth-order valence-corrected chi connectivity index (χ4v) is 3.31. The van der Waals surface area contributed by atoms with Crippen molar-refractivity contribution in [2.24, 2.45) is 0 Å². The van der Waals surface area contributed by atoms with E-state index in [0.717, 1.165) is 25.0 Å². The van der Waals surface area contributed by atoms with Crippen LogP contribution in [0.2, 0.25) is 0 Å². The summed E-state index contributed by atoms with van der Waals surface area (Å²) >= 11 is 0. The van der Waals surface area contributed by atoms with Gasteiger partial charge in [0.2, 0.25) is 10.0 Å². The molecule has 5 nitrogen and oxygen atoms in total. The molecule has 0 heterocycles. The summed E-state index contributed by atoms with van der Waals surface area (Å²) in [6.45, 7) is 1.72. The van der Waals surface area contributed by atoms with E-state index in [1.54, 1.807) is 0 Å². The number of aliphatic hydroxyl groups excluding tert-OH is 1. The molecule has 118 valence electrons. The van der Waals surface area contributed by atoms with Gasteiger partial charge >= 0.3 is 0 Å². The SMILES string of the molecule is CC(CNS(=O)(=O)c1ccc(F)c(CO)c1)N(C)C1CC1. The highest BCUT2D eigenvalue weighted by Crippen LogP contribution is 2.26. The Kier molecular flexibility index (Phi) is 4.98. The lowest BCUT2D eigenvalue weighted by Gasteiger charge is -2.24. The van der Waals surface area contributed by atoms with Crippen LogP contribution in [0.1, 0.15) is 25.3 Å². The first-order chi connectivity index (χ1) is 9.85. The van der Waals surface area contributed by atoms with Crippen molar-refractivity contribution in [3.05, 3.63) is 29.6 Å². The van der Waals surface area contributed by atoms with Gasteiger partial charge < -0.3 is 5.11 Å². The number of halogens is 1. The molecule has 2 N–H and O–H groups in total. The van der Waals surface area contributed by atoms with Crippen LogP contribution in [0.25, 0.3) is 0 Å². The van der Waals surface area contributed by atoms with Crippen molar-refractivity contribution in [1.82, 2.24) is 9.62 Å². The second-order valence-corrected chi connectivity index (χ2v) is 7.28. The zero-order chi connectivity index (χ0) is 15.6. The summed E-state index contributed by atoms with van der Waals surface area (Å²) in [4.78, 5) is 2.13. The van der Waals surface area contributed by atoms with E-state index < -0.39 is 22.4 Å². The van der Waals surface area contributed by atoms with E-state index in [-0.39, 0.29) is 16.5 Å².